The summed E-state index contributed by atoms with van der Waals surface area (Å²) >= 11 is 1.64. The van der Waals surface area contributed by atoms with Gasteiger partial charge in [0.2, 0.25) is 0 Å². The molecule has 8 heteroatoms. The molecule has 124 valence electrons. The van der Waals surface area contributed by atoms with E-state index in [-0.39, 0.29) is 0 Å². The van der Waals surface area contributed by atoms with Gasteiger partial charge < -0.3 is 15.4 Å². The number of imidazole rings is 1. The Labute approximate surface area is 138 Å². The molecule has 1 unspecified atom stereocenters. The van der Waals surface area contributed by atoms with Crippen LogP contribution in [0.15, 0.2) is 12.5 Å². The summed E-state index contributed by atoms with van der Waals surface area (Å²) in [6.07, 6.45) is 8.10. The van der Waals surface area contributed by atoms with Crippen LogP contribution in [0, 0.1) is 0 Å². The van der Waals surface area contributed by atoms with Crippen molar-refractivity contribution in [2.75, 3.05) is 6.54 Å². The van der Waals surface area contributed by atoms with Crippen molar-refractivity contribution in [2.45, 2.75) is 50.5 Å². The number of rotatable bonds is 9. The molecule has 0 aromatic carbocycles. The lowest BCUT2D eigenvalue weighted by Gasteiger charge is -2.08. The zero-order valence-corrected chi connectivity index (χ0v) is 13.7. The number of carboxylic acid groups (broad SMARTS) is 1. The Hall–Kier alpha value is -1.80. The van der Waals surface area contributed by atoms with Gasteiger partial charge in [0, 0.05) is 12.1 Å². The summed E-state index contributed by atoms with van der Waals surface area (Å²) < 4.78 is 1.88. The first-order valence-corrected chi connectivity index (χ1v) is 8.76. The van der Waals surface area contributed by atoms with Gasteiger partial charge in [0.05, 0.1) is 18.6 Å². The van der Waals surface area contributed by atoms with E-state index in [0.29, 0.717) is 31.1 Å². The molecule has 0 radical (unpaired) electrons. The van der Waals surface area contributed by atoms with Crippen molar-refractivity contribution in [3.8, 4) is 0 Å². The van der Waals surface area contributed by atoms with Crippen molar-refractivity contribution in [3.63, 3.8) is 0 Å². The third kappa shape index (κ3) is 4.14. The second-order valence-electron chi connectivity index (χ2n) is 5.95. The van der Waals surface area contributed by atoms with E-state index in [2.05, 4.69) is 15.2 Å². The summed E-state index contributed by atoms with van der Waals surface area (Å²) in [5.41, 5.74) is 6.07. The molecule has 0 spiro atoms. The van der Waals surface area contributed by atoms with Gasteiger partial charge in [-0.3, -0.25) is 4.79 Å². The fraction of sp³-hybridized carbons (Fsp3) is 0.600. The van der Waals surface area contributed by atoms with Gasteiger partial charge in [-0.1, -0.05) is 17.8 Å². The first-order chi connectivity index (χ1) is 11.2. The van der Waals surface area contributed by atoms with Crippen LogP contribution >= 0.6 is 11.3 Å². The molecule has 0 bridgehead atoms. The number of hydrogen-bond donors (Lipinski definition) is 2. The molecule has 23 heavy (non-hydrogen) atoms. The Bertz CT molecular complexity index is 664. The highest BCUT2D eigenvalue weighted by molar-refractivity contribution is 7.11. The van der Waals surface area contributed by atoms with E-state index in [1.54, 1.807) is 23.9 Å². The Morgan fingerprint density at radius 2 is 2.26 bits per heavy atom. The first-order valence-electron chi connectivity index (χ1n) is 7.94. The molecule has 2 aromatic heterocycles. The third-order valence-electron chi connectivity index (χ3n) is 3.98. The molecule has 1 aliphatic rings. The van der Waals surface area contributed by atoms with E-state index in [1.165, 1.54) is 12.8 Å². The zero-order valence-electron chi connectivity index (χ0n) is 12.9. The van der Waals surface area contributed by atoms with Gasteiger partial charge >= 0.3 is 5.97 Å². The number of carbonyl (C=O) groups is 1. The standard InChI is InChI=1S/C15H21N5O2S/c16-6-2-1-3-11(15(21)22)12-7-20(9-17-12)8-13-18-19-14(23-13)10-4-5-10/h7,9-11H,1-6,8,16H2,(H,21,22). The van der Waals surface area contributed by atoms with Crippen molar-refractivity contribution in [1.82, 2.24) is 19.7 Å². The Morgan fingerprint density at radius 1 is 1.43 bits per heavy atom. The largest absolute Gasteiger partial charge is 0.481 e. The summed E-state index contributed by atoms with van der Waals surface area (Å²) in [7, 11) is 0. The van der Waals surface area contributed by atoms with Gasteiger partial charge in [-0.2, -0.15) is 0 Å². The van der Waals surface area contributed by atoms with Gasteiger partial charge in [0.1, 0.15) is 15.9 Å². The second kappa shape index (κ2) is 7.18. The minimum Gasteiger partial charge on any atom is -0.481 e. The quantitative estimate of drug-likeness (QED) is 0.678. The second-order valence-corrected chi connectivity index (χ2v) is 7.05. The third-order valence-corrected chi connectivity index (χ3v) is 5.05. The SMILES string of the molecule is NCCCCC(C(=O)O)c1cn(Cc2nnc(C3CC3)s2)cn1. The summed E-state index contributed by atoms with van der Waals surface area (Å²) in [5.74, 6) is -0.794. The molecular weight excluding hydrogens is 314 g/mol. The number of carboxylic acids is 1. The average molecular weight is 335 g/mol. The number of hydrogen-bond acceptors (Lipinski definition) is 6. The predicted molar refractivity (Wildman–Crippen MR) is 86.5 cm³/mol. The molecule has 1 saturated carbocycles. The molecule has 7 nitrogen and oxygen atoms in total. The molecule has 3 rings (SSSR count). The molecule has 0 saturated heterocycles. The summed E-state index contributed by atoms with van der Waals surface area (Å²) in [5, 5.41) is 19.9. The normalized spacial score (nSPS) is 15.7. The number of nitrogens with zero attached hydrogens (tertiary/aromatic N) is 4. The van der Waals surface area contributed by atoms with E-state index < -0.39 is 11.9 Å². The van der Waals surface area contributed by atoms with Gasteiger partial charge in [-0.25, -0.2) is 4.98 Å². The maximum absolute atomic E-state index is 11.4. The Morgan fingerprint density at radius 3 is 2.96 bits per heavy atom. The van der Waals surface area contributed by atoms with Crippen molar-refractivity contribution < 1.29 is 9.90 Å². The van der Waals surface area contributed by atoms with Crippen LogP contribution in [-0.2, 0) is 11.3 Å². The molecule has 3 N–H and O–H groups in total. The van der Waals surface area contributed by atoms with Crippen molar-refractivity contribution in [1.29, 1.82) is 0 Å². The van der Waals surface area contributed by atoms with Gasteiger partial charge in [0.15, 0.2) is 0 Å². The van der Waals surface area contributed by atoms with Crippen LogP contribution in [-0.4, -0.2) is 37.4 Å². The average Bonchev–Trinajstić information content (AvgIpc) is 3.10. The minimum absolute atomic E-state index is 0.564. The van der Waals surface area contributed by atoms with Crippen LogP contribution in [0.25, 0.3) is 0 Å². The number of unbranched alkanes of at least 4 members (excludes halogenated alkanes) is 1. The van der Waals surface area contributed by atoms with Crippen LogP contribution < -0.4 is 5.73 Å². The lowest BCUT2D eigenvalue weighted by Crippen LogP contribution is -2.13. The van der Waals surface area contributed by atoms with E-state index in [0.717, 1.165) is 22.9 Å². The highest BCUT2D eigenvalue weighted by Crippen LogP contribution is 2.41. The summed E-state index contributed by atoms with van der Waals surface area (Å²) in [6, 6.07) is 0. The van der Waals surface area contributed by atoms with E-state index in [1.807, 2.05) is 4.57 Å². The fourth-order valence-corrected chi connectivity index (χ4v) is 3.54. The fourth-order valence-electron chi connectivity index (χ4n) is 2.52. The Balaban J connectivity index is 1.63. The molecule has 0 aliphatic heterocycles. The lowest BCUT2D eigenvalue weighted by atomic mass is 9.99. The molecule has 1 aliphatic carbocycles. The number of aromatic nitrogens is 4. The molecule has 0 amide bonds. The van der Waals surface area contributed by atoms with Gasteiger partial charge in [0.25, 0.3) is 0 Å². The topological polar surface area (TPSA) is 107 Å². The molecule has 1 atom stereocenters. The van der Waals surface area contributed by atoms with Gasteiger partial charge in [-0.05, 0) is 32.2 Å². The Kier molecular flexibility index (Phi) is 5.02. The number of nitrogens with two attached hydrogens (primary N) is 1. The lowest BCUT2D eigenvalue weighted by molar-refractivity contribution is -0.139. The van der Waals surface area contributed by atoms with Crippen LogP contribution in [0.2, 0.25) is 0 Å². The minimum atomic E-state index is -0.834. The highest BCUT2D eigenvalue weighted by atomic mass is 32.1. The number of aliphatic carboxylic acids is 1. The molecule has 1 fully saturated rings. The van der Waals surface area contributed by atoms with Crippen molar-refractivity contribution in [3.05, 3.63) is 28.2 Å². The molecular formula is C15H21N5O2S. The van der Waals surface area contributed by atoms with Crippen molar-refractivity contribution >= 4 is 17.3 Å². The smallest absolute Gasteiger partial charge is 0.312 e. The van der Waals surface area contributed by atoms with Crippen LogP contribution in [0.4, 0.5) is 0 Å². The summed E-state index contributed by atoms with van der Waals surface area (Å²) in [6.45, 7) is 1.17. The molecule has 2 heterocycles. The maximum atomic E-state index is 11.4. The van der Waals surface area contributed by atoms with Crippen LogP contribution in [0.3, 0.4) is 0 Å². The maximum Gasteiger partial charge on any atom is 0.312 e. The van der Waals surface area contributed by atoms with E-state index in [9.17, 15) is 9.90 Å². The van der Waals surface area contributed by atoms with Crippen molar-refractivity contribution in [2.24, 2.45) is 5.73 Å². The monoisotopic (exact) mass is 335 g/mol. The van der Waals surface area contributed by atoms with E-state index in [4.69, 9.17) is 5.73 Å². The van der Waals surface area contributed by atoms with Crippen LogP contribution in [0.1, 0.15) is 59.6 Å². The zero-order chi connectivity index (χ0) is 16.2. The predicted octanol–water partition coefficient (Wildman–Crippen LogP) is 1.96. The van der Waals surface area contributed by atoms with E-state index >= 15 is 0 Å². The first kappa shape index (κ1) is 16.1. The van der Waals surface area contributed by atoms with Gasteiger partial charge in [-0.15, -0.1) is 10.2 Å². The van der Waals surface area contributed by atoms with Crippen LogP contribution in [0.5, 0.6) is 0 Å². The highest BCUT2D eigenvalue weighted by Gasteiger charge is 2.27. The summed E-state index contributed by atoms with van der Waals surface area (Å²) in [4.78, 5) is 15.7. The molecule has 2 aromatic rings.